The van der Waals surface area contributed by atoms with Crippen LogP contribution >= 0.6 is 11.6 Å². The van der Waals surface area contributed by atoms with Crippen molar-refractivity contribution in [3.05, 3.63) is 42.0 Å². The number of fused-ring (bicyclic) bond motifs is 1. The predicted molar refractivity (Wildman–Crippen MR) is 101 cm³/mol. The van der Waals surface area contributed by atoms with Gasteiger partial charge in [-0.05, 0) is 41.3 Å². The van der Waals surface area contributed by atoms with Gasteiger partial charge in [0.15, 0.2) is 0 Å². The van der Waals surface area contributed by atoms with E-state index in [9.17, 15) is 4.79 Å². The molecule has 130 valence electrons. The number of amides is 1. The Morgan fingerprint density at radius 1 is 1.25 bits per heavy atom. The summed E-state index contributed by atoms with van der Waals surface area (Å²) in [4.78, 5) is 12.0. The van der Waals surface area contributed by atoms with Gasteiger partial charge in [0.2, 0.25) is 5.91 Å². The summed E-state index contributed by atoms with van der Waals surface area (Å²) in [5.74, 6) is 0.779. The first kappa shape index (κ1) is 18.6. The zero-order chi connectivity index (χ0) is 17.4. The van der Waals surface area contributed by atoms with E-state index in [2.05, 4.69) is 30.4 Å². The van der Waals surface area contributed by atoms with Gasteiger partial charge in [0.1, 0.15) is 11.1 Å². The molecule has 0 aliphatic rings. The summed E-state index contributed by atoms with van der Waals surface area (Å²) >= 11 is 6.15. The van der Waals surface area contributed by atoms with Crippen LogP contribution in [0.4, 0.5) is 0 Å². The number of hydrogen-bond donors (Lipinski definition) is 1. The van der Waals surface area contributed by atoms with Crippen LogP contribution in [0.1, 0.15) is 38.2 Å². The van der Waals surface area contributed by atoms with Crippen LogP contribution in [0.15, 0.2) is 36.4 Å². The molecule has 2 rings (SSSR count). The number of nitrogens with one attached hydrogen (secondary N) is 1. The van der Waals surface area contributed by atoms with Crippen LogP contribution in [0.25, 0.3) is 10.8 Å². The quantitative estimate of drug-likeness (QED) is 0.527. The zero-order valence-corrected chi connectivity index (χ0v) is 15.2. The molecule has 0 saturated heterocycles. The van der Waals surface area contributed by atoms with Gasteiger partial charge in [0, 0.05) is 6.54 Å². The summed E-state index contributed by atoms with van der Waals surface area (Å²) in [5, 5.41) is 4.86. The van der Waals surface area contributed by atoms with Crippen molar-refractivity contribution in [3.8, 4) is 5.75 Å². The molecule has 1 unspecified atom stereocenters. The molecule has 1 N–H and O–H groups in total. The predicted octanol–water partition coefficient (Wildman–Crippen LogP) is 4.69. The zero-order valence-electron chi connectivity index (χ0n) is 14.5. The first-order chi connectivity index (χ1) is 11.7. The minimum atomic E-state index is -0.427. The van der Waals surface area contributed by atoms with Crippen molar-refractivity contribution in [1.82, 2.24) is 5.32 Å². The molecule has 0 spiro atoms. The van der Waals surface area contributed by atoms with E-state index < -0.39 is 5.38 Å². The lowest BCUT2D eigenvalue weighted by Gasteiger charge is -2.12. The number of methoxy groups -OCH3 is 1. The topological polar surface area (TPSA) is 38.3 Å². The third-order valence-corrected chi connectivity index (χ3v) is 4.64. The summed E-state index contributed by atoms with van der Waals surface area (Å²) in [7, 11) is 1.67. The van der Waals surface area contributed by atoms with Crippen molar-refractivity contribution in [2.75, 3.05) is 13.7 Å². The van der Waals surface area contributed by atoms with Crippen LogP contribution in [-0.4, -0.2) is 24.9 Å². The number of alkyl halides is 1. The molecule has 4 heteroatoms. The monoisotopic (exact) mass is 347 g/mol. The maximum absolute atomic E-state index is 12.0. The molecule has 1 amide bonds. The van der Waals surface area contributed by atoms with Crippen molar-refractivity contribution in [1.29, 1.82) is 0 Å². The fourth-order valence-corrected chi connectivity index (χ4v) is 3.03. The number of rotatable bonds is 9. The summed E-state index contributed by atoms with van der Waals surface area (Å²) in [6.07, 6.45) is 4.77. The van der Waals surface area contributed by atoms with Crippen molar-refractivity contribution < 1.29 is 9.53 Å². The Bertz CT molecular complexity index is 672. The number of benzene rings is 2. The Morgan fingerprint density at radius 2 is 2.08 bits per heavy atom. The highest BCUT2D eigenvalue weighted by Crippen LogP contribution is 2.24. The third-order valence-electron chi connectivity index (χ3n) is 4.22. The molecule has 0 aliphatic carbocycles. The molecule has 0 aromatic heterocycles. The number of hydrogen-bond acceptors (Lipinski definition) is 2. The fourth-order valence-electron chi connectivity index (χ4n) is 2.80. The van der Waals surface area contributed by atoms with Crippen molar-refractivity contribution >= 4 is 28.3 Å². The maximum Gasteiger partial charge on any atom is 0.238 e. The summed E-state index contributed by atoms with van der Waals surface area (Å²) in [6, 6.07) is 12.3. The Balaban J connectivity index is 1.92. The van der Waals surface area contributed by atoms with Gasteiger partial charge in [-0.25, -0.2) is 0 Å². The van der Waals surface area contributed by atoms with Gasteiger partial charge in [-0.1, -0.05) is 50.5 Å². The van der Waals surface area contributed by atoms with E-state index >= 15 is 0 Å². The summed E-state index contributed by atoms with van der Waals surface area (Å²) in [5.41, 5.74) is 1.20. The Kier molecular flexibility index (Phi) is 7.38. The highest BCUT2D eigenvalue weighted by molar-refractivity contribution is 6.30. The highest BCUT2D eigenvalue weighted by atomic mass is 35.5. The SMILES string of the molecule is CCCCCC(Cl)C(=O)NCCc1cccc2ccc(OC)cc12. The standard InChI is InChI=1S/C20H26ClNO2/c1-3-4-5-9-19(21)20(23)22-13-12-16-8-6-7-15-10-11-17(24-2)14-18(15)16/h6-8,10-11,14,19H,3-5,9,12-13H2,1-2H3,(H,22,23). The summed E-state index contributed by atoms with van der Waals surface area (Å²) in [6.45, 7) is 2.73. The van der Waals surface area contributed by atoms with Crippen molar-refractivity contribution in [3.63, 3.8) is 0 Å². The molecule has 0 bridgehead atoms. The van der Waals surface area contributed by atoms with E-state index in [1.54, 1.807) is 7.11 Å². The van der Waals surface area contributed by atoms with Gasteiger partial charge in [-0.15, -0.1) is 11.6 Å². The third kappa shape index (κ3) is 5.13. The second kappa shape index (κ2) is 9.53. The molecule has 3 nitrogen and oxygen atoms in total. The number of halogens is 1. The van der Waals surface area contributed by atoms with E-state index in [1.807, 2.05) is 18.2 Å². The van der Waals surface area contributed by atoms with E-state index in [0.29, 0.717) is 6.54 Å². The molecule has 0 aliphatic heterocycles. The van der Waals surface area contributed by atoms with Gasteiger partial charge in [0.25, 0.3) is 0 Å². The minimum absolute atomic E-state index is 0.0643. The largest absolute Gasteiger partial charge is 0.497 e. The van der Waals surface area contributed by atoms with Gasteiger partial charge in [0.05, 0.1) is 7.11 Å². The normalized spacial score (nSPS) is 12.1. The van der Waals surface area contributed by atoms with E-state index in [0.717, 1.165) is 43.2 Å². The lowest BCUT2D eigenvalue weighted by molar-refractivity contribution is -0.120. The van der Waals surface area contributed by atoms with E-state index in [4.69, 9.17) is 16.3 Å². The van der Waals surface area contributed by atoms with Gasteiger partial charge in [-0.3, -0.25) is 4.79 Å². The van der Waals surface area contributed by atoms with Crippen LogP contribution in [0.3, 0.4) is 0 Å². The average Bonchev–Trinajstić information content (AvgIpc) is 2.61. The molecule has 0 heterocycles. The number of carbonyl (C=O) groups excluding carboxylic acids is 1. The number of carbonyl (C=O) groups is 1. The lowest BCUT2D eigenvalue weighted by atomic mass is 10.0. The molecule has 0 fully saturated rings. The van der Waals surface area contributed by atoms with Crippen LogP contribution in [0.5, 0.6) is 5.75 Å². The average molecular weight is 348 g/mol. The number of ether oxygens (including phenoxy) is 1. The first-order valence-corrected chi connectivity index (χ1v) is 9.06. The van der Waals surface area contributed by atoms with Crippen LogP contribution in [0, 0.1) is 0 Å². The highest BCUT2D eigenvalue weighted by Gasteiger charge is 2.14. The second-order valence-electron chi connectivity index (χ2n) is 6.01. The molecule has 2 aromatic rings. The number of unbranched alkanes of at least 4 members (excludes halogenated alkanes) is 2. The van der Waals surface area contributed by atoms with Gasteiger partial charge < -0.3 is 10.1 Å². The Labute approximate surface area is 149 Å². The Morgan fingerprint density at radius 3 is 2.83 bits per heavy atom. The fraction of sp³-hybridized carbons (Fsp3) is 0.450. The minimum Gasteiger partial charge on any atom is -0.497 e. The smallest absolute Gasteiger partial charge is 0.238 e. The van der Waals surface area contributed by atoms with E-state index in [1.165, 1.54) is 10.9 Å². The van der Waals surface area contributed by atoms with Crippen molar-refractivity contribution in [2.24, 2.45) is 0 Å². The van der Waals surface area contributed by atoms with Crippen LogP contribution in [-0.2, 0) is 11.2 Å². The van der Waals surface area contributed by atoms with E-state index in [-0.39, 0.29) is 5.91 Å². The van der Waals surface area contributed by atoms with Gasteiger partial charge in [-0.2, -0.15) is 0 Å². The molecule has 24 heavy (non-hydrogen) atoms. The molecular weight excluding hydrogens is 322 g/mol. The molecule has 0 radical (unpaired) electrons. The van der Waals surface area contributed by atoms with Crippen LogP contribution < -0.4 is 10.1 Å². The van der Waals surface area contributed by atoms with Crippen molar-refractivity contribution in [2.45, 2.75) is 44.4 Å². The molecular formula is C20H26ClNO2. The Hall–Kier alpha value is -1.74. The van der Waals surface area contributed by atoms with Crippen LogP contribution in [0.2, 0.25) is 0 Å². The summed E-state index contributed by atoms with van der Waals surface area (Å²) < 4.78 is 5.31. The molecule has 1 atom stereocenters. The molecule has 2 aromatic carbocycles. The lowest BCUT2D eigenvalue weighted by Crippen LogP contribution is -2.32. The maximum atomic E-state index is 12.0. The first-order valence-electron chi connectivity index (χ1n) is 8.63. The second-order valence-corrected chi connectivity index (χ2v) is 6.54. The van der Waals surface area contributed by atoms with Gasteiger partial charge >= 0.3 is 0 Å². The molecule has 0 saturated carbocycles.